The maximum Gasteiger partial charge on any atom is 0.253 e. The quantitative estimate of drug-likeness (QED) is 0.474. The van der Waals surface area contributed by atoms with E-state index in [4.69, 9.17) is 4.42 Å². The van der Waals surface area contributed by atoms with Crippen LogP contribution in [0.3, 0.4) is 0 Å². The third-order valence-corrected chi connectivity index (χ3v) is 6.91. The van der Waals surface area contributed by atoms with Crippen molar-refractivity contribution >= 4 is 34.7 Å². The molecule has 4 rings (SSSR count). The Morgan fingerprint density at radius 3 is 2.65 bits per heavy atom. The molecule has 0 aliphatic carbocycles. The summed E-state index contributed by atoms with van der Waals surface area (Å²) in [4.78, 5) is 40.8. The lowest BCUT2D eigenvalue weighted by molar-refractivity contribution is -0.126. The minimum Gasteiger partial charge on any atom is -0.467 e. The van der Waals surface area contributed by atoms with Gasteiger partial charge >= 0.3 is 0 Å². The number of aryl methyl sites for hydroxylation is 1. The van der Waals surface area contributed by atoms with E-state index in [9.17, 15) is 14.4 Å². The number of nitrogens with one attached hydrogen (secondary N) is 2. The fraction of sp³-hybridized carbons (Fsp3) is 0.346. The molecule has 0 saturated carbocycles. The first kappa shape index (κ1) is 23.8. The summed E-state index contributed by atoms with van der Waals surface area (Å²) in [5.41, 5.74) is 1.16. The Labute approximate surface area is 203 Å². The highest BCUT2D eigenvalue weighted by Gasteiger charge is 2.28. The van der Waals surface area contributed by atoms with Gasteiger partial charge in [-0.3, -0.25) is 14.4 Å². The lowest BCUT2D eigenvalue weighted by Gasteiger charge is -2.31. The van der Waals surface area contributed by atoms with E-state index in [1.54, 1.807) is 52.8 Å². The van der Waals surface area contributed by atoms with Gasteiger partial charge in [0, 0.05) is 41.6 Å². The number of likely N-dealkylation sites (tertiary alicyclic amines) is 1. The first-order valence-electron chi connectivity index (χ1n) is 11.6. The summed E-state index contributed by atoms with van der Waals surface area (Å²) in [6.07, 6.45) is 4.94. The van der Waals surface area contributed by atoms with Crippen molar-refractivity contribution in [2.24, 2.45) is 5.92 Å². The van der Waals surface area contributed by atoms with Crippen LogP contribution in [0, 0.1) is 5.92 Å². The number of hydrogen-bond acceptors (Lipinski definition) is 5. The molecule has 1 fully saturated rings. The van der Waals surface area contributed by atoms with Crippen LogP contribution < -0.4 is 10.6 Å². The minimum atomic E-state index is -0.112. The van der Waals surface area contributed by atoms with Crippen molar-refractivity contribution in [1.29, 1.82) is 0 Å². The molecular formula is C26H29N3O4S. The summed E-state index contributed by atoms with van der Waals surface area (Å²) in [6.45, 7) is 1.42. The highest BCUT2D eigenvalue weighted by molar-refractivity contribution is 7.09. The summed E-state index contributed by atoms with van der Waals surface area (Å²) in [5, 5.41) is 7.84. The number of thiophene rings is 1. The van der Waals surface area contributed by atoms with Gasteiger partial charge in [-0.05, 0) is 67.5 Å². The van der Waals surface area contributed by atoms with Gasteiger partial charge in [-0.25, -0.2) is 0 Å². The minimum absolute atomic E-state index is 0.00714. The molecule has 3 amide bonds. The Kier molecular flexibility index (Phi) is 8.14. The van der Waals surface area contributed by atoms with Crippen LogP contribution in [0.15, 0.2) is 64.6 Å². The number of piperidine rings is 1. The van der Waals surface area contributed by atoms with Gasteiger partial charge in [-0.15, -0.1) is 11.3 Å². The topological polar surface area (TPSA) is 91.7 Å². The number of nitrogens with zero attached hydrogens (tertiary/aromatic N) is 1. The number of rotatable bonds is 9. The van der Waals surface area contributed by atoms with Gasteiger partial charge in [-0.2, -0.15) is 0 Å². The fourth-order valence-electron chi connectivity index (χ4n) is 4.09. The van der Waals surface area contributed by atoms with Crippen LogP contribution in [0.4, 0.5) is 5.69 Å². The highest BCUT2D eigenvalue weighted by atomic mass is 32.1. The second-order valence-corrected chi connectivity index (χ2v) is 9.46. The molecule has 1 aliphatic heterocycles. The zero-order chi connectivity index (χ0) is 23.8. The van der Waals surface area contributed by atoms with Gasteiger partial charge in [0.1, 0.15) is 5.76 Å². The van der Waals surface area contributed by atoms with E-state index in [1.807, 2.05) is 17.5 Å². The van der Waals surface area contributed by atoms with E-state index >= 15 is 0 Å². The van der Waals surface area contributed by atoms with Crippen molar-refractivity contribution in [3.05, 3.63) is 76.4 Å². The average molecular weight is 480 g/mol. The van der Waals surface area contributed by atoms with E-state index < -0.39 is 0 Å². The van der Waals surface area contributed by atoms with Crippen molar-refractivity contribution in [3.8, 4) is 0 Å². The molecule has 0 atom stereocenters. The normalized spacial score (nSPS) is 14.1. The predicted molar refractivity (Wildman–Crippen MR) is 132 cm³/mol. The lowest BCUT2D eigenvalue weighted by Crippen LogP contribution is -2.42. The molecule has 0 spiro atoms. The van der Waals surface area contributed by atoms with Crippen LogP contribution in [0.5, 0.6) is 0 Å². The molecule has 3 heterocycles. The number of anilines is 1. The van der Waals surface area contributed by atoms with Gasteiger partial charge in [0.2, 0.25) is 11.8 Å². The van der Waals surface area contributed by atoms with Gasteiger partial charge in [-0.1, -0.05) is 12.1 Å². The van der Waals surface area contributed by atoms with Crippen LogP contribution in [0.2, 0.25) is 0 Å². The largest absolute Gasteiger partial charge is 0.467 e. The van der Waals surface area contributed by atoms with Gasteiger partial charge in [0.15, 0.2) is 0 Å². The van der Waals surface area contributed by atoms with Crippen molar-refractivity contribution in [2.75, 3.05) is 18.4 Å². The zero-order valence-corrected chi connectivity index (χ0v) is 19.8. The van der Waals surface area contributed by atoms with Crippen molar-refractivity contribution in [1.82, 2.24) is 10.2 Å². The van der Waals surface area contributed by atoms with Gasteiger partial charge < -0.3 is 20.0 Å². The number of furan rings is 1. The van der Waals surface area contributed by atoms with Crippen LogP contribution in [0.25, 0.3) is 0 Å². The highest BCUT2D eigenvalue weighted by Crippen LogP contribution is 2.21. The summed E-state index contributed by atoms with van der Waals surface area (Å²) in [7, 11) is 0. The Balaban J connectivity index is 1.22. The van der Waals surface area contributed by atoms with Crippen LogP contribution in [0.1, 0.15) is 46.7 Å². The van der Waals surface area contributed by atoms with Gasteiger partial charge in [0.05, 0.1) is 12.8 Å². The summed E-state index contributed by atoms with van der Waals surface area (Å²) in [6, 6.07) is 14.8. The number of carbonyl (C=O) groups excluding carboxylic acids is 3. The first-order chi connectivity index (χ1) is 16.6. The predicted octanol–water partition coefficient (Wildman–Crippen LogP) is 4.47. The maximum atomic E-state index is 13.0. The second kappa shape index (κ2) is 11.7. The monoisotopic (exact) mass is 479 g/mol. The van der Waals surface area contributed by atoms with E-state index in [2.05, 4.69) is 16.7 Å². The summed E-state index contributed by atoms with van der Waals surface area (Å²) < 4.78 is 5.24. The number of amides is 3. The van der Waals surface area contributed by atoms with Crippen LogP contribution in [-0.4, -0.2) is 35.7 Å². The fourth-order valence-corrected chi connectivity index (χ4v) is 4.84. The third kappa shape index (κ3) is 6.57. The Hall–Kier alpha value is -3.39. The Bertz CT molecular complexity index is 1090. The molecule has 8 heteroatoms. The van der Waals surface area contributed by atoms with Crippen LogP contribution >= 0.6 is 11.3 Å². The first-order valence-corrected chi connectivity index (χ1v) is 12.5. The molecule has 3 aromatic rings. The van der Waals surface area contributed by atoms with E-state index in [0.29, 0.717) is 50.1 Å². The average Bonchev–Trinajstić information content (AvgIpc) is 3.57. The lowest BCUT2D eigenvalue weighted by atomic mass is 9.95. The summed E-state index contributed by atoms with van der Waals surface area (Å²) in [5.74, 6) is 0.465. The van der Waals surface area contributed by atoms with Crippen molar-refractivity contribution < 1.29 is 18.8 Å². The molecule has 1 aliphatic rings. The van der Waals surface area contributed by atoms with E-state index in [-0.39, 0.29) is 23.6 Å². The molecule has 2 aromatic heterocycles. The molecule has 34 heavy (non-hydrogen) atoms. The SMILES string of the molecule is O=C(CCCc1cccs1)Nc1cccc(C(=O)N2CCC(C(=O)NCc3ccco3)CC2)c1. The number of benzene rings is 1. The number of carbonyl (C=O) groups is 3. The Morgan fingerprint density at radius 1 is 1.06 bits per heavy atom. The molecule has 0 bridgehead atoms. The number of hydrogen-bond donors (Lipinski definition) is 2. The third-order valence-electron chi connectivity index (χ3n) is 5.97. The molecule has 2 N–H and O–H groups in total. The van der Waals surface area contributed by atoms with Crippen molar-refractivity contribution in [3.63, 3.8) is 0 Å². The molecular weight excluding hydrogens is 450 g/mol. The molecule has 1 aromatic carbocycles. The van der Waals surface area contributed by atoms with E-state index in [0.717, 1.165) is 18.6 Å². The van der Waals surface area contributed by atoms with Gasteiger partial charge in [0.25, 0.3) is 5.91 Å². The molecule has 0 unspecified atom stereocenters. The van der Waals surface area contributed by atoms with Crippen LogP contribution in [-0.2, 0) is 22.6 Å². The molecule has 178 valence electrons. The molecule has 0 radical (unpaired) electrons. The second-order valence-electron chi connectivity index (χ2n) is 8.43. The summed E-state index contributed by atoms with van der Waals surface area (Å²) >= 11 is 1.70. The maximum absolute atomic E-state index is 13.0. The zero-order valence-electron chi connectivity index (χ0n) is 19.0. The van der Waals surface area contributed by atoms with E-state index in [1.165, 1.54) is 4.88 Å². The molecule has 1 saturated heterocycles. The van der Waals surface area contributed by atoms with Crippen molar-refractivity contribution in [2.45, 2.75) is 38.6 Å². The molecule has 7 nitrogen and oxygen atoms in total. The standard InChI is InChI=1S/C26H29N3O4S/c30-24(10-2-8-23-9-4-16-34-23)28-21-6-1-5-20(17-21)26(32)29-13-11-19(12-14-29)25(31)27-18-22-7-3-15-33-22/h1,3-7,9,15-17,19H,2,8,10-14,18H2,(H,27,31)(H,28,30). The smallest absolute Gasteiger partial charge is 0.253 e. The Morgan fingerprint density at radius 2 is 1.91 bits per heavy atom.